The lowest BCUT2D eigenvalue weighted by Crippen LogP contribution is -2.29. The zero-order chi connectivity index (χ0) is 17.9. The maximum atomic E-state index is 13.1. The molecule has 7 heteroatoms. The van der Waals surface area contributed by atoms with Crippen LogP contribution >= 0.6 is 23.4 Å². The van der Waals surface area contributed by atoms with Crippen LogP contribution in [0.15, 0.2) is 28.2 Å². The molecule has 2 atom stereocenters. The number of rotatable bonds is 5. The Balaban J connectivity index is 1.65. The smallest absolute Gasteiger partial charge is 0.262 e. The van der Waals surface area contributed by atoms with Crippen LogP contribution < -0.4 is 5.56 Å². The average Bonchev–Trinajstić information content (AvgIpc) is 3.16. The Hall–Kier alpha value is -1.08. The molecule has 5 nitrogen and oxygen atoms in total. The van der Waals surface area contributed by atoms with E-state index in [1.807, 2.05) is 0 Å². The highest BCUT2D eigenvalue weighted by atomic mass is 35.5. The van der Waals surface area contributed by atoms with Crippen LogP contribution in [0.3, 0.4) is 0 Å². The predicted octanol–water partition coefficient (Wildman–Crippen LogP) is 3.89. The van der Waals surface area contributed by atoms with E-state index >= 15 is 0 Å². The molecule has 2 aromatic rings. The van der Waals surface area contributed by atoms with Gasteiger partial charge in [0.05, 0.1) is 29.7 Å². The third kappa shape index (κ3) is 4.09. The first-order valence-electron chi connectivity index (χ1n) is 9.27. The second-order valence-electron chi connectivity index (χ2n) is 6.91. The maximum Gasteiger partial charge on any atom is 0.262 e. The molecule has 0 unspecified atom stereocenters. The summed E-state index contributed by atoms with van der Waals surface area (Å²) in [4.78, 5) is 17.8. The van der Waals surface area contributed by atoms with Crippen molar-refractivity contribution >= 4 is 34.3 Å². The molecule has 2 aliphatic rings. The molecule has 140 valence electrons. The second kappa shape index (κ2) is 8.30. The van der Waals surface area contributed by atoms with E-state index in [0.29, 0.717) is 22.5 Å². The van der Waals surface area contributed by atoms with Crippen LogP contribution in [0.1, 0.15) is 32.1 Å². The Labute approximate surface area is 162 Å². The minimum absolute atomic E-state index is 0.0192. The standard InChI is InChI=1S/C19H23ClN2O3S/c20-13-6-7-16-17(10-13)21-19(26-12-15-4-1-2-8-25-15)22(18(16)23)11-14-5-3-9-24-14/h6-7,10,14-15H,1-5,8-9,11-12H2/t14-,15-/m0/s1. The molecule has 0 aliphatic carbocycles. The van der Waals surface area contributed by atoms with Gasteiger partial charge in [-0.15, -0.1) is 0 Å². The molecule has 0 N–H and O–H groups in total. The van der Waals surface area contributed by atoms with Crippen molar-refractivity contribution in [2.24, 2.45) is 0 Å². The second-order valence-corrected chi connectivity index (χ2v) is 8.33. The fourth-order valence-electron chi connectivity index (χ4n) is 3.54. The fourth-order valence-corrected chi connectivity index (χ4v) is 4.78. The summed E-state index contributed by atoms with van der Waals surface area (Å²) in [6.45, 7) is 2.15. The molecule has 0 amide bonds. The third-order valence-electron chi connectivity index (χ3n) is 4.96. The summed E-state index contributed by atoms with van der Waals surface area (Å²) in [7, 11) is 0. The normalized spacial score (nSPS) is 23.6. The summed E-state index contributed by atoms with van der Waals surface area (Å²) in [6, 6.07) is 5.26. The van der Waals surface area contributed by atoms with E-state index in [4.69, 9.17) is 26.1 Å². The number of nitrogens with zero attached hydrogens (tertiary/aromatic N) is 2. The number of aromatic nitrogens is 2. The van der Waals surface area contributed by atoms with Gasteiger partial charge in [-0.1, -0.05) is 23.4 Å². The van der Waals surface area contributed by atoms with Gasteiger partial charge in [-0.3, -0.25) is 9.36 Å². The summed E-state index contributed by atoms with van der Waals surface area (Å²) in [6.07, 6.45) is 5.77. The van der Waals surface area contributed by atoms with Gasteiger partial charge < -0.3 is 9.47 Å². The molecule has 1 aromatic carbocycles. The van der Waals surface area contributed by atoms with Gasteiger partial charge in [-0.05, 0) is 50.3 Å². The van der Waals surface area contributed by atoms with Gasteiger partial charge in [0.1, 0.15) is 0 Å². The molecule has 2 saturated heterocycles. The highest BCUT2D eigenvalue weighted by Crippen LogP contribution is 2.25. The van der Waals surface area contributed by atoms with Crippen molar-refractivity contribution in [1.82, 2.24) is 9.55 Å². The van der Waals surface area contributed by atoms with Crippen molar-refractivity contribution in [2.45, 2.75) is 56.0 Å². The van der Waals surface area contributed by atoms with Crippen LogP contribution in [0.25, 0.3) is 10.9 Å². The monoisotopic (exact) mass is 394 g/mol. The lowest BCUT2D eigenvalue weighted by Gasteiger charge is -2.23. The summed E-state index contributed by atoms with van der Waals surface area (Å²) < 4.78 is 13.4. The lowest BCUT2D eigenvalue weighted by atomic mass is 10.1. The van der Waals surface area contributed by atoms with Gasteiger partial charge >= 0.3 is 0 Å². The Morgan fingerprint density at radius 1 is 1.15 bits per heavy atom. The Bertz CT molecular complexity index is 829. The van der Waals surface area contributed by atoms with Crippen molar-refractivity contribution in [2.75, 3.05) is 19.0 Å². The van der Waals surface area contributed by atoms with Crippen molar-refractivity contribution in [3.8, 4) is 0 Å². The van der Waals surface area contributed by atoms with Crippen LogP contribution in [-0.2, 0) is 16.0 Å². The van der Waals surface area contributed by atoms with Crippen molar-refractivity contribution in [3.63, 3.8) is 0 Å². The fraction of sp³-hybridized carbons (Fsp3) is 0.579. The zero-order valence-corrected chi connectivity index (χ0v) is 16.2. The van der Waals surface area contributed by atoms with Gasteiger partial charge in [-0.2, -0.15) is 0 Å². The minimum atomic E-state index is -0.0192. The van der Waals surface area contributed by atoms with E-state index in [1.165, 1.54) is 6.42 Å². The highest BCUT2D eigenvalue weighted by Gasteiger charge is 2.21. The summed E-state index contributed by atoms with van der Waals surface area (Å²) in [5.74, 6) is 0.810. The van der Waals surface area contributed by atoms with E-state index < -0.39 is 0 Å². The maximum absolute atomic E-state index is 13.1. The lowest BCUT2D eigenvalue weighted by molar-refractivity contribution is 0.0315. The van der Waals surface area contributed by atoms with E-state index in [1.54, 1.807) is 34.5 Å². The van der Waals surface area contributed by atoms with E-state index in [0.717, 1.165) is 49.8 Å². The Morgan fingerprint density at radius 2 is 1.96 bits per heavy atom. The molecule has 1 aromatic heterocycles. The zero-order valence-electron chi connectivity index (χ0n) is 14.7. The SMILES string of the molecule is O=c1c2ccc(Cl)cc2nc(SC[C@@H]2CCCCO2)n1C[C@@H]1CCCO1. The molecule has 0 spiro atoms. The first-order valence-corrected chi connectivity index (χ1v) is 10.6. The number of thioether (sulfide) groups is 1. The first-order chi connectivity index (χ1) is 12.7. The third-order valence-corrected chi connectivity index (χ3v) is 6.31. The molecule has 0 bridgehead atoms. The molecule has 0 saturated carbocycles. The van der Waals surface area contributed by atoms with Crippen LogP contribution in [0.4, 0.5) is 0 Å². The topological polar surface area (TPSA) is 53.3 Å². The first kappa shape index (κ1) is 18.3. The van der Waals surface area contributed by atoms with Gasteiger partial charge in [0.2, 0.25) is 0 Å². The quantitative estimate of drug-likeness (QED) is 0.568. The van der Waals surface area contributed by atoms with Gasteiger partial charge in [-0.25, -0.2) is 4.98 Å². The van der Waals surface area contributed by atoms with E-state index in [2.05, 4.69) is 0 Å². The van der Waals surface area contributed by atoms with Crippen LogP contribution in [0.5, 0.6) is 0 Å². The number of halogens is 1. The molecule has 4 rings (SSSR count). The van der Waals surface area contributed by atoms with Crippen LogP contribution in [-0.4, -0.2) is 40.7 Å². The van der Waals surface area contributed by atoms with Crippen molar-refractivity contribution in [3.05, 3.63) is 33.6 Å². The van der Waals surface area contributed by atoms with Crippen molar-refractivity contribution < 1.29 is 9.47 Å². The largest absolute Gasteiger partial charge is 0.377 e. The molecule has 2 fully saturated rings. The van der Waals surface area contributed by atoms with Gasteiger partial charge in [0.25, 0.3) is 5.56 Å². The van der Waals surface area contributed by atoms with Crippen LogP contribution in [0, 0.1) is 0 Å². The summed E-state index contributed by atoms with van der Waals surface area (Å²) >= 11 is 7.70. The summed E-state index contributed by atoms with van der Waals surface area (Å²) in [5, 5.41) is 1.92. The van der Waals surface area contributed by atoms with E-state index in [9.17, 15) is 4.79 Å². The molecule has 3 heterocycles. The highest BCUT2D eigenvalue weighted by molar-refractivity contribution is 7.99. The predicted molar refractivity (Wildman–Crippen MR) is 104 cm³/mol. The molecular weight excluding hydrogens is 372 g/mol. The summed E-state index contributed by atoms with van der Waals surface area (Å²) in [5.41, 5.74) is 0.632. The minimum Gasteiger partial charge on any atom is -0.377 e. The Kier molecular flexibility index (Phi) is 5.84. The number of ether oxygens (including phenoxy) is 2. The number of benzene rings is 1. The molecular formula is C19H23ClN2O3S. The van der Waals surface area contributed by atoms with Gasteiger partial charge in [0.15, 0.2) is 5.16 Å². The number of fused-ring (bicyclic) bond motifs is 1. The van der Waals surface area contributed by atoms with Crippen molar-refractivity contribution in [1.29, 1.82) is 0 Å². The Morgan fingerprint density at radius 3 is 2.73 bits per heavy atom. The molecule has 2 aliphatic heterocycles. The average molecular weight is 395 g/mol. The van der Waals surface area contributed by atoms with E-state index in [-0.39, 0.29) is 17.8 Å². The number of hydrogen-bond donors (Lipinski definition) is 0. The van der Waals surface area contributed by atoms with Gasteiger partial charge in [0, 0.05) is 24.0 Å². The number of hydrogen-bond acceptors (Lipinski definition) is 5. The van der Waals surface area contributed by atoms with Crippen LogP contribution in [0.2, 0.25) is 5.02 Å². The molecule has 26 heavy (non-hydrogen) atoms. The molecule has 0 radical (unpaired) electrons.